The van der Waals surface area contributed by atoms with Gasteiger partial charge in [-0.25, -0.2) is 4.39 Å². The Morgan fingerprint density at radius 1 is 0.634 bits per heavy atom. The molecule has 8 rings (SSSR count). The Balaban J connectivity index is 1.41. The summed E-state index contributed by atoms with van der Waals surface area (Å²) in [6.07, 6.45) is 5.62. The minimum atomic E-state index is -0.506. The Kier molecular flexibility index (Phi) is 4.95. The molecule has 4 nitrogen and oxygen atoms in total. The van der Waals surface area contributed by atoms with Gasteiger partial charge in [0.15, 0.2) is 0 Å². The zero-order valence-corrected chi connectivity index (χ0v) is 21.8. The first-order chi connectivity index (χ1) is 20.2. The first kappa shape index (κ1) is 23.3. The van der Waals surface area contributed by atoms with Gasteiger partial charge in [-0.1, -0.05) is 42.5 Å². The molecule has 192 valence electrons. The summed E-state index contributed by atoms with van der Waals surface area (Å²) in [4.78, 5) is 11.3. The molecule has 2 aromatic heterocycles. The Bertz CT molecular complexity index is 2000. The maximum absolute atomic E-state index is 14.0. The van der Waals surface area contributed by atoms with Gasteiger partial charge < -0.3 is 4.90 Å². The van der Waals surface area contributed by atoms with Crippen LogP contribution in [0.4, 0.5) is 21.5 Å². The topological polar surface area (TPSA) is 52.8 Å². The number of hydrogen-bond donors (Lipinski definition) is 0. The van der Waals surface area contributed by atoms with E-state index in [2.05, 4.69) is 70.6 Å². The fourth-order valence-electron chi connectivity index (χ4n) is 6.72. The first-order valence-corrected chi connectivity index (χ1v) is 13.4. The third kappa shape index (κ3) is 3.19. The number of nitrogens with zero attached hydrogens (tertiary/aromatic N) is 4. The highest BCUT2D eigenvalue weighted by Crippen LogP contribution is 2.62. The van der Waals surface area contributed by atoms with Gasteiger partial charge in [-0.05, 0) is 100 Å². The van der Waals surface area contributed by atoms with Gasteiger partial charge in [-0.3, -0.25) is 9.97 Å². The number of hydrogen-bond acceptors (Lipinski definition) is 4. The summed E-state index contributed by atoms with van der Waals surface area (Å²) in [6.45, 7) is 0. The van der Waals surface area contributed by atoms with Crippen LogP contribution in [0.1, 0.15) is 27.8 Å². The molecule has 4 aromatic carbocycles. The van der Waals surface area contributed by atoms with Crippen molar-refractivity contribution >= 4 is 17.1 Å². The van der Waals surface area contributed by atoms with E-state index in [-0.39, 0.29) is 5.82 Å². The van der Waals surface area contributed by atoms with Crippen LogP contribution in [-0.2, 0) is 5.41 Å². The van der Waals surface area contributed by atoms with E-state index >= 15 is 0 Å². The van der Waals surface area contributed by atoms with Crippen LogP contribution < -0.4 is 4.90 Å². The van der Waals surface area contributed by atoms with E-state index in [4.69, 9.17) is 4.98 Å². The largest absolute Gasteiger partial charge is 0.310 e. The molecule has 1 spiro atoms. The van der Waals surface area contributed by atoms with Crippen molar-refractivity contribution in [1.29, 1.82) is 5.26 Å². The summed E-state index contributed by atoms with van der Waals surface area (Å²) in [5.74, 6) is -0.300. The highest BCUT2D eigenvalue weighted by Gasteiger charge is 2.52. The van der Waals surface area contributed by atoms with Crippen LogP contribution in [-0.4, -0.2) is 9.97 Å². The van der Waals surface area contributed by atoms with Crippen molar-refractivity contribution in [3.05, 3.63) is 161 Å². The molecule has 41 heavy (non-hydrogen) atoms. The average molecular weight is 529 g/mol. The molecule has 0 bridgehead atoms. The second kappa shape index (κ2) is 8.70. The average Bonchev–Trinajstić information content (AvgIpc) is 3.49. The lowest BCUT2D eigenvalue weighted by molar-refractivity contribution is 0.628. The monoisotopic (exact) mass is 528 g/mol. The van der Waals surface area contributed by atoms with Crippen LogP contribution in [0.15, 0.2) is 128 Å². The van der Waals surface area contributed by atoms with Gasteiger partial charge in [0.1, 0.15) is 5.82 Å². The first-order valence-electron chi connectivity index (χ1n) is 13.4. The third-order valence-corrected chi connectivity index (χ3v) is 8.30. The Hall–Kier alpha value is -5.60. The van der Waals surface area contributed by atoms with Gasteiger partial charge in [-0.15, -0.1) is 0 Å². The van der Waals surface area contributed by atoms with Gasteiger partial charge in [0.2, 0.25) is 0 Å². The van der Waals surface area contributed by atoms with Crippen molar-refractivity contribution in [3.63, 3.8) is 0 Å². The molecule has 0 saturated carbocycles. The number of nitriles is 1. The molecular weight excluding hydrogens is 507 g/mol. The molecule has 0 radical (unpaired) electrons. The number of benzene rings is 4. The number of aromatic nitrogens is 2. The predicted octanol–water partition coefficient (Wildman–Crippen LogP) is 8.30. The van der Waals surface area contributed by atoms with Gasteiger partial charge in [0.05, 0.1) is 22.7 Å². The second-order valence-electron chi connectivity index (χ2n) is 10.3. The Labute approximate surface area is 236 Å². The second-order valence-corrected chi connectivity index (χ2v) is 10.3. The number of fused-ring (bicyclic) bond motifs is 10. The number of anilines is 3. The van der Waals surface area contributed by atoms with Gasteiger partial charge in [-0.2, -0.15) is 5.26 Å². The lowest BCUT2D eigenvalue weighted by Crippen LogP contribution is -2.26. The van der Waals surface area contributed by atoms with E-state index in [1.165, 1.54) is 28.8 Å². The molecule has 2 aliphatic rings. The van der Waals surface area contributed by atoms with Crippen molar-refractivity contribution in [3.8, 4) is 28.5 Å². The van der Waals surface area contributed by atoms with E-state index in [1.807, 2.05) is 42.9 Å². The van der Waals surface area contributed by atoms with Crippen LogP contribution in [0.5, 0.6) is 0 Å². The minimum absolute atomic E-state index is 0.300. The summed E-state index contributed by atoms with van der Waals surface area (Å²) in [6, 6.07) is 37.6. The summed E-state index contributed by atoms with van der Waals surface area (Å²) in [5, 5.41) is 9.61. The van der Waals surface area contributed by atoms with E-state index in [0.717, 1.165) is 45.0 Å². The van der Waals surface area contributed by atoms with E-state index < -0.39 is 5.41 Å². The molecule has 1 unspecified atom stereocenters. The van der Waals surface area contributed by atoms with Crippen molar-refractivity contribution in [2.45, 2.75) is 5.41 Å². The van der Waals surface area contributed by atoms with Crippen LogP contribution in [0.3, 0.4) is 0 Å². The summed E-state index contributed by atoms with van der Waals surface area (Å²) < 4.78 is 14.0. The van der Waals surface area contributed by atoms with Gasteiger partial charge >= 0.3 is 0 Å². The molecule has 1 atom stereocenters. The quantitative estimate of drug-likeness (QED) is 0.231. The molecule has 0 saturated heterocycles. The SMILES string of the molecule is N#Cc1cccc(N(c2ccc(F)cc2)c2ccc3c(c2)-c2ccccc2C32c3ccncc3-c3ncccc32)c1. The smallest absolute Gasteiger partial charge is 0.123 e. The lowest BCUT2D eigenvalue weighted by atomic mass is 9.71. The molecule has 2 heterocycles. The standard InChI is InChI=1S/C36H21FN4/c37-24-10-12-25(13-11-24)41(26-6-3-5-23(19-26)21-38)27-14-15-32-29(20-27)28-7-1-2-8-31(28)36(32)33-16-18-39-22-30(33)35-34(36)9-4-17-40-35/h1-20,22H. The normalized spacial score (nSPS) is 15.5. The lowest BCUT2D eigenvalue weighted by Gasteiger charge is -2.30. The molecular formula is C36H21FN4. The van der Waals surface area contributed by atoms with Crippen molar-refractivity contribution in [2.75, 3.05) is 4.90 Å². The number of halogens is 1. The predicted molar refractivity (Wildman–Crippen MR) is 158 cm³/mol. The van der Waals surface area contributed by atoms with Crippen molar-refractivity contribution < 1.29 is 4.39 Å². The molecule has 5 heteroatoms. The zero-order valence-electron chi connectivity index (χ0n) is 21.8. The maximum atomic E-state index is 14.0. The van der Waals surface area contributed by atoms with Crippen molar-refractivity contribution in [1.82, 2.24) is 9.97 Å². The van der Waals surface area contributed by atoms with Crippen LogP contribution in [0.2, 0.25) is 0 Å². The summed E-state index contributed by atoms with van der Waals surface area (Å²) in [7, 11) is 0. The Morgan fingerprint density at radius 2 is 1.39 bits per heavy atom. The molecule has 0 amide bonds. The van der Waals surface area contributed by atoms with E-state index in [0.29, 0.717) is 5.56 Å². The van der Waals surface area contributed by atoms with Crippen LogP contribution >= 0.6 is 0 Å². The summed E-state index contributed by atoms with van der Waals surface area (Å²) in [5.41, 5.74) is 11.6. The zero-order chi connectivity index (χ0) is 27.6. The molecule has 0 N–H and O–H groups in total. The highest BCUT2D eigenvalue weighted by atomic mass is 19.1. The molecule has 6 aromatic rings. The molecule has 0 fully saturated rings. The van der Waals surface area contributed by atoms with E-state index in [1.54, 1.807) is 18.2 Å². The highest BCUT2D eigenvalue weighted by molar-refractivity contribution is 5.95. The molecule has 0 aliphatic heterocycles. The summed E-state index contributed by atoms with van der Waals surface area (Å²) >= 11 is 0. The van der Waals surface area contributed by atoms with E-state index in [9.17, 15) is 9.65 Å². The number of pyridine rings is 2. The third-order valence-electron chi connectivity index (χ3n) is 8.30. The van der Waals surface area contributed by atoms with Gasteiger partial charge in [0, 0.05) is 41.2 Å². The van der Waals surface area contributed by atoms with Gasteiger partial charge in [0.25, 0.3) is 0 Å². The number of rotatable bonds is 3. The fourth-order valence-corrected chi connectivity index (χ4v) is 6.72. The minimum Gasteiger partial charge on any atom is -0.310 e. The van der Waals surface area contributed by atoms with Crippen molar-refractivity contribution in [2.24, 2.45) is 0 Å². The molecule has 2 aliphatic carbocycles. The fraction of sp³-hybridized carbons (Fsp3) is 0.0278. The van der Waals surface area contributed by atoms with Crippen LogP contribution in [0.25, 0.3) is 22.4 Å². The Morgan fingerprint density at radius 3 is 2.27 bits per heavy atom. The maximum Gasteiger partial charge on any atom is 0.123 e. The van der Waals surface area contributed by atoms with Crippen LogP contribution in [0, 0.1) is 17.1 Å².